The van der Waals surface area contributed by atoms with E-state index >= 15 is 0 Å². The van der Waals surface area contributed by atoms with Gasteiger partial charge >= 0.3 is 0 Å². The second kappa shape index (κ2) is 4.31. The van der Waals surface area contributed by atoms with E-state index in [1.807, 2.05) is 16.5 Å². The van der Waals surface area contributed by atoms with Gasteiger partial charge in [0.1, 0.15) is 6.17 Å². The number of allylic oxidation sites excluding steroid dienone is 1. The van der Waals surface area contributed by atoms with Gasteiger partial charge in [-0.25, -0.2) is 9.98 Å². The largest absolute Gasteiger partial charge is 0.370 e. The van der Waals surface area contributed by atoms with Gasteiger partial charge in [-0.05, 0) is 12.8 Å². The number of aliphatic imine (C=N–C) groups is 1. The third-order valence-corrected chi connectivity index (χ3v) is 2.90. The first-order chi connectivity index (χ1) is 7.27. The van der Waals surface area contributed by atoms with Crippen LogP contribution in [-0.4, -0.2) is 17.1 Å². The van der Waals surface area contributed by atoms with E-state index in [1.54, 1.807) is 17.5 Å². The lowest BCUT2D eigenvalue weighted by Crippen LogP contribution is -2.35. The molecule has 2 heterocycles. The summed E-state index contributed by atoms with van der Waals surface area (Å²) in [7, 11) is 0. The van der Waals surface area contributed by atoms with Gasteiger partial charge < -0.3 is 16.4 Å². The minimum atomic E-state index is -0.0221. The summed E-state index contributed by atoms with van der Waals surface area (Å²) in [5, 5.41) is 2.85. The monoisotopic (exact) mass is 223 g/mol. The molecule has 0 fully saturated rings. The predicted molar refractivity (Wildman–Crippen MR) is 62.6 cm³/mol. The van der Waals surface area contributed by atoms with Gasteiger partial charge in [-0.15, -0.1) is 11.3 Å². The molecule has 0 saturated carbocycles. The maximum atomic E-state index is 5.40. The highest BCUT2D eigenvalue weighted by Gasteiger charge is 2.20. The van der Waals surface area contributed by atoms with Gasteiger partial charge in [0.2, 0.25) is 0 Å². The zero-order valence-corrected chi connectivity index (χ0v) is 9.02. The Labute approximate surface area is 92.1 Å². The molecule has 80 valence electrons. The quantitative estimate of drug-likeness (QED) is 0.575. The third-order valence-electron chi connectivity index (χ3n) is 2.12. The number of hydrogen-bond donors (Lipinski definition) is 2. The molecule has 1 aliphatic heterocycles. The van der Waals surface area contributed by atoms with Crippen molar-refractivity contribution in [2.75, 3.05) is 4.90 Å². The molecule has 0 saturated heterocycles. The van der Waals surface area contributed by atoms with Gasteiger partial charge in [0, 0.05) is 17.8 Å². The molecule has 1 aromatic heterocycles. The van der Waals surface area contributed by atoms with E-state index in [2.05, 4.69) is 16.1 Å². The molecule has 0 aromatic carbocycles. The highest BCUT2D eigenvalue weighted by Crippen LogP contribution is 2.25. The minimum absolute atomic E-state index is 0.0221. The molecule has 1 aromatic rings. The van der Waals surface area contributed by atoms with Crippen LogP contribution in [0.2, 0.25) is 0 Å². The van der Waals surface area contributed by atoms with E-state index in [-0.39, 0.29) is 12.1 Å². The lowest BCUT2D eigenvalue weighted by Gasteiger charge is -2.28. The standard InChI is InChI=1S/C9H13N5S/c10-8(11)13-7-3-1-2-5-14(7)9-12-4-6-15-9/h2,4-7H,1,3H2,(H4,10,11,13). The zero-order chi connectivity index (χ0) is 10.7. The summed E-state index contributed by atoms with van der Waals surface area (Å²) in [6, 6.07) is 0. The first-order valence-corrected chi connectivity index (χ1v) is 5.58. The van der Waals surface area contributed by atoms with Crippen LogP contribution in [0.5, 0.6) is 0 Å². The van der Waals surface area contributed by atoms with Crippen molar-refractivity contribution in [1.82, 2.24) is 4.98 Å². The Bertz CT molecular complexity index is 366. The molecule has 2 rings (SSSR count). The molecule has 0 aliphatic carbocycles. The van der Waals surface area contributed by atoms with Crippen molar-refractivity contribution >= 4 is 22.4 Å². The molecule has 4 N–H and O–H groups in total. The maximum absolute atomic E-state index is 5.40. The van der Waals surface area contributed by atoms with Crippen molar-refractivity contribution in [3.8, 4) is 0 Å². The highest BCUT2D eigenvalue weighted by molar-refractivity contribution is 7.13. The van der Waals surface area contributed by atoms with Crippen molar-refractivity contribution < 1.29 is 0 Å². The van der Waals surface area contributed by atoms with Gasteiger partial charge in [-0.3, -0.25) is 0 Å². The molecule has 5 nitrogen and oxygen atoms in total. The van der Waals surface area contributed by atoms with Crippen molar-refractivity contribution in [1.29, 1.82) is 0 Å². The number of hydrogen-bond acceptors (Lipinski definition) is 4. The van der Waals surface area contributed by atoms with E-state index < -0.39 is 0 Å². The minimum Gasteiger partial charge on any atom is -0.370 e. The number of thiazole rings is 1. The SMILES string of the molecule is NC(N)=NC1CCC=CN1c1nccs1. The van der Waals surface area contributed by atoms with E-state index in [4.69, 9.17) is 11.5 Å². The molecule has 0 bridgehead atoms. The molecule has 0 amide bonds. The van der Waals surface area contributed by atoms with Crippen LogP contribution in [0, 0.1) is 0 Å². The molecule has 6 heteroatoms. The first-order valence-electron chi connectivity index (χ1n) is 4.70. The van der Waals surface area contributed by atoms with Gasteiger partial charge in [-0.1, -0.05) is 6.08 Å². The van der Waals surface area contributed by atoms with Crippen LogP contribution >= 0.6 is 11.3 Å². The second-order valence-corrected chi connectivity index (χ2v) is 4.09. The Morgan fingerprint density at radius 2 is 2.47 bits per heavy atom. The maximum Gasteiger partial charge on any atom is 0.191 e. The lowest BCUT2D eigenvalue weighted by atomic mass is 10.2. The number of aromatic nitrogens is 1. The van der Waals surface area contributed by atoms with Crippen LogP contribution < -0.4 is 16.4 Å². The fourth-order valence-corrected chi connectivity index (χ4v) is 2.17. The van der Waals surface area contributed by atoms with Gasteiger partial charge in [-0.2, -0.15) is 0 Å². The van der Waals surface area contributed by atoms with Crippen LogP contribution in [0.3, 0.4) is 0 Å². The van der Waals surface area contributed by atoms with E-state index in [0.29, 0.717) is 0 Å². The first kappa shape index (κ1) is 9.97. The Kier molecular flexibility index (Phi) is 2.86. The van der Waals surface area contributed by atoms with Gasteiger partial charge in [0.05, 0.1) is 0 Å². The normalized spacial score (nSPS) is 20.3. The highest BCUT2D eigenvalue weighted by atomic mass is 32.1. The van der Waals surface area contributed by atoms with E-state index in [9.17, 15) is 0 Å². The van der Waals surface area contributed by atoms with E-state index in [1.165, 1.54) is 0 Å². The number of anilines is 1. The summed E-state index contributed by atoms with van der Waals surface area (Å²) in [6.45, 7) is 0. The van der Waals surface area contributed by atoms with Crippen molar-refractivity contribution in [3.63, 3.8) is 0 Å². The second-order valence-electron chi connectivity index (χ2n) is 3.22. The summed E-state index contributed by atoms with van der Waals surface area (Å²) in [5.74, 6) is 0.122. The van der Waals surface area contributed by atoms with Gasteiger partial charge in [0.15, 0.2) is 11.1 Å². The molecule has 1 aliphatic rings. The molecular formula is C9H13N5S. The number of guanidine groups is 1. The average molecular weight is 223 g/mol. The molecule has 0 radical (unpaired) electrons. The van der Waals surface area contributed by atoms with Crippen LogP contribution in [0.4, 0.5) is 5.13 Å². The lowest BCUT2D eigenvalue weighted by molar-refractivity contribution is 0.603. The predicted octanol–water partition coefficient (Wildman–Crippen LogP) is 0.856. The molecular weight excluding hydrogens is 210 g/mol. The van der Waals surface area contributed by atoms with Crippen LogP contribution in [0.15, 0.2) is 28.8 Å². The summed E-state index contributed by atoms with van der Waals surface area (Å²) < 4.78 is 0. The topological polar surface area (TPSA) is 80.5 Å². The molecule has 1 atom stereocenters. The fraction of sp³-hybridized carbons (Fsp3) is 0.333. The summed E-state index contributed by atoms with van der Waals surface area (Å²) in [6.07, 6.45) is 7.73. The molecule has 0 spiro atoms. The number of rotatable bonds is 2. The van der Waals surface area contributed by atoms with Crippen LogP contribution in [-0.2, 0) is 0 Å². The number of nitrogens with zero attached hydrogens (tertiary/aromatic N) is 3. The zero-order valence-electron chi connectivity index (χ0n) is 8.21. The Morgan fingerprint density at radius 1 is 1.60 bits per heavy atom. The summed E-state index contributed by atoms with van der Waals surface area (Å²) >= 11 is 1.57. The smallest absolute Gasteiger partial charge is 0.191 e. The van der Waals surface area contributed by atoms with Crippen molar-refractivity contribution in [2.24, 2.45) is 16.5 Å². The summed E-state index contributed by atoms with van der Waals surface area (Å²) in [4.78, 5) is 10.4. The van der Waals surface area contributed by atoms with Crippen molar-refractivity contribution in [2.45, 2.75) is 19.0 Å². The van der Waals surface area contributed by atoms with Crippen LogP contribution in [0.1, 0.15) is 12.8 Å². The third kappa shape index (κ3) is 2.27. The molecule has 1 unspecified atom stereocenters. The Hall–Kier alpha value is -1.56. The number of nitrogens with two attached hydrogens (primary N) is 2. The summed E-state index contributed by atoms with van der Waals surface area (Å²) in [5.41, 5.74) is 10.8. The van der Waals surface area contributed by atoms with Crippen molar-refractivity contribution in [3.05, 3.63) is 23.9 Å². The fourth-order valence-electron chi connectivity index (χ4n) is 1.51. The average Bonchev–Trinajstić information content (AvgIpc) is 2.70. The van der Waals surface area contributed by atoms with Gasteiger partial charge in [0.25, 0.3) is 0 Å². The Balaban J connectivity index is 2.23. The van der Waals surface area contributed by atoms with Crippen LogP contribution in [0.25, 0.3) is 0 Å². The molecule has 15 heavy (non-hydrogen) atoms. The Morgan fingerprint density at radius 3 is 3.13 bits per heavy atom. The van der Waals surface area contributed by atoms with E-state index in [0.717, 1.165) is 18.0 Å².